The zero-order valence-corrected chi connectivity index (χ0v) is 25.0. The van der Waals surface area contributed by atoms with Gasteiger partial charge in [-0.1, -0.05) is 42.5 Å². The summed E-state index contributed by atoms with van der Waals surface area (Å²) in [6, 6.07) is 10.1. The lowest BCUT2D eigenvalue weighted by molar-refractivity contribution is -0.141. The summed E-state index contributed by atoms with van der Waals surface area (Å²) in [6.07, 6.45) is -1.40. The number of hydrogen-bond donors (Lipinski definition) is 7. The van der Waals surface area contributed by atoms with E-state index in [1.807, 2.05) is 0 Å². The van der Waals surface area contributed by atoms with Crippen molar-refractivity contribution in [2.24, 2.45) is 5.73 Å². The summed E-state index contributed by atoms with van der Waals surface area (Å²) in [4.78, 5) is 73.9. The van der Waals surface area contributed by atoms with E-state index in [0.29, 0.717) is 5.56 Å². The van der Waals surface area contributed by atoms with Crippen LogP contribution < -0.4 is 31.2 Å². The van der Waals surface area contributed by atoms with Crippen molar-refractivity contribution in [2.75, 3.05) is 13.6 Å². The molecule has 244 valence electrons. The molecule has 17 heteroatoms. The molecule has 0 aliphatic heterocycles. The summed E-state index contributed by atoms with van der Waals surface area (Å²) >= 11 is 0. The monoisotopic (exact) mass is 649 g/mol. The van der Waals surface area contributed by atoms with Crippen molar-refractivity contribution in [1.82, 2.24) is 21.3 Å². The Labute approximate surface area is 259 Å². The Bertz CT molecular complexity index is 1470. The number of primary amides is 1. The Morgan fingerprint density at radius 1 is 0.822 bits per heavy atom. The SMILES string of the molecule is CNC(=O)CCC(=O)N[C@@H](CC(=O)O)C(=O)N[C@@H](Cc1ccc(OS(=O)(=O)O)cc1)C(=O)CN[C@@H](Cc1ccccc1)C(N)=O. The number of carbonyl (C=O) groups excluding carboxylic acids is 5. The maximum Gasteiger partial charge on any atom is 0.446 e. The smallest absolute Gasteiger partial charge is 0.446 e. The van der Waals surface area contributed by atoms with E-state index in [-0.39, 0.29) is 31.4 Å². The van der Waals surface area contributed by atoms with Gasteiger partial charge in [-0.3, -0.25) is 38.6 Å². The molecule has 0 bridgehead atoms. The van der Waals surface area contributed by atoms with E-state index in [1.165, 1.54) is 31.3 Å². The van der Waals surface area contributed by atoms with Crippen LogP contribution >= 0.6 is 0 Å². The van der Waals surface area contributed by atoms with E-state index in [9.17, 15) is 42.3 Å². The molecule has 2 aromatic rings. The summed E-state index contributed by atoms with van der Waals surface area (Å²) in [5.41, 5.74) is 6.67. The van der Waals surface area contributed by atoms with Crippen LogP contribution in [-0.2, 0) is 52.0 Å². The lowest BCUT2D eigenvalue weighted by Gasteiger charge is -2.23. The Morgan fingerprint density at radius 3 is 1.96 bits per heavy atom. The van der Waals surface area contributed by atoms with Gasteiger partial charge in [0.1, 0.15) is 11.8 Å². The largest absolute Gasteiger partial charge is 0.481 e. The second-order valence-corrected chi connectivity index (χ2v) is 10.8. The highest BCUT2D eigenvalue weighted by molar-refractivity contribution is 7.81. The summed E-state index contributed by atoms with van der Waals surface area (Å²) < 4.78 is 35.2. The lowest BCUT2D eigenvalue weighted by atomic mass is 10.00. The van der Waals surface area contributed by atoms with Crippen LogP contribution in [0.4, 0.5) is 0 Å². The number of nitrogens with two attached hydrogens (primary N) is 1. The zero-order valence-electron chi connectivity index (χ0n) is 24.2. The fourth-order valence-electron chi connectivity index (χ4n) is 4.03. The number of benzene rings is 2. The van der Waals surface area contributed by atoms with Gasteiger partial charge in [-0.2, -0.15) is 8.42 Å². The van der Waals surface area contributed by atoms with Gasteiger partial charge >= 0.3 is 16.4 Å². The van der Waals surface area contributed by atoms with E-state index < -0.39 is 76.9 Å². The van der Waals surface area contributed by atoms with Crippen molar-refractivity contribution in [3.05, 3.63) is 65.7 Å². The molecule has 2 aromatic carbocycles. The predicted molar refractivity (Wildman–Crippen MR) is 158 cm³/mol. The molecule has 2 rings (SSSR count). The molecular formula is C28H35N5O11S. The predicted octanol–water partition coefficient (Wildman–Crippen LogP) is -1.36. The van der Waals surface area contributed by atoms with Crippen LogP contribution in [0.25, 0.3) is 0 Å². The van der Waals surface area contributed by atoms with Crippen molar-refractivity contribution in [3.63, 3.8) is 0 Å². The molecule has 45 heavy (non-hydrogen) atoms. The highest BCUT2D eigenvalue weighted by atomic mass is 32.3. The van der Waals surface area contributed by atoms with Crippen molar-refractivity contribution in [2.45, 2.75) is 50.2 Å². The van der Waals surface area contributed by atoms with Gasteiger partial charge < -0.3 is 31.0 Å². The fraction of sp³-hybridized carbons (Fsp3) is 0.357. The van der Waals surface area contributed by atoms with Crippen molar-refractivity contribution < 1.29 is 51.0 Å². The normalized spacial score (nSPS) is 13.0. The van der Waals surface area contributed by atoms with Gasteiger partial charge in [-0.25, -0.2) is 0 Å². The third-order valence-electron chi connectivity index (χ3n) is 6.31. The molecule has 0 heterocycles. The Balaban J connectivity index is 2.25. The maximum atomic E-state index is 13.4. The number of amides is 4. The van der Waals surface area contributed by atoms with Crippen LogP contribution in [0.1, 0.15) is 30.4 Å². The number of carboxylic acids is 1. The van der Waals surface area contributed by atoms with Gasteiger partial charge in [0.2, 0.25) is 23.6 Å². The summed E-state index contributed by atoms with van der Waals surface area (Å²) in [7, 11) is -3.42. The first-order valence-electron chi connectivity index (χ1n) is 13.5. The molecule has 0 aliphatic carbocycles. The minimum Gasteiger partial charge on any atom is -0.481 e. The highest BCUT2D eigenvalue weighted by Gasteiger charge is 2.29. The highest BCUT2D eigenvalue weighted by Crippen LogP contribution is 2.15. The Hall–Kier alpha value is -4.87. The Kier molecular flexibility index (Phi) is 14.1. The third-order valence-corrected chi connectivity index (χ3v) is 6.71. The van der Waals surface area contributed by atoms with Gasteiger partial charge in [0.25, 0.3) is 0 Å². The van der Waals surface area contributed by atoms with Crippen LogP contribution in [-0.4, -0.2) is 85.2 Å². The van der Waals surface area contributed by atoms with E-state index in [0.717, 1.165) is 5.56 Å². The van der Waals surface area contributed by atoms with Gasteiger partial charge in [-0.15, -0.1) is 0 Å². The molecule has 0 spiro atoms. The number of carboxylic acid groups (broad SMARTS) is 1. The average Bonchev–Trinajstić information content (AvgIpc) is 2.97. The quantitative estimate of drug-likeness (QED) is 0.0870. The Morgan fingerprint density at radius 2 is 1.40 bits per heavy atom. The number of aliphatic carboxylic acids is 1. The molecule has 0 radical (unpaired) electrons. The molecular weight excluding hydrogens is 614 g/mol. The molecule has 16 nitrogen and oxygen atoms in total. The zero-order chi connectivity index (χ0) is 33.6. The molecule has 8 N–H and O–H groups in total. The first-order chi connectivity index (χ1) is 21.2. The third kappa shape index (κ3) is 14.0. The van der Waals surface area contributed by atoms with Crippen molar-refractivity contribution >= 4 is 45.8 Å². The fourth-order valence-corrected chi connectivity index (χ4v) is 4.38. The molecule has 4 amide bonds. The van der Waals surface area contributed by atoms with E-state index in [1.54, 1.807) is 30.3 Å². The standard InChI is InChI=1S/C28H35N5O11S/c1-30-24(35)11-12-25(36)32-22(15-26(37)38)28(40)33-20(13-18-7-9-19(10-8-18)44-45(41,42)43)23(34)16-31-21(27(29)39)14-17-5-3-2-4-6-17/h2-10,20-22,31H,11-16H2,1H3,(H2,29,39)(H,30,35)(H,32,36)(H,33,40)(H,37,38)(H,41,42,43)/t20-,21-,22-/m0/s1. The number of Topliss-reactive ketones (excluding diaryl/α,β-unsaturated/α-hetero) is 1. The van der Waals surface area contributed by atoms with Gasteiger partial charge in [0.15, 0.2) is 5.78 Å². The first kappa shape index (κ1) is 36.3. The van der Waals surface area contributed by atoms with Crippen LogP contribution in [0.5, 0.6) is 5.75 Å². The maximum absolute atomic E-state index is 13.4. The molecule has 0 aliphatic rings. The van der Waals surface area contributed by atoms with Crippen molar-refractivity contribution in [3.8, 4) is 5.75 Å². The van der Waals surface area contributed by atoms with Gasteiger partial charge in [0, 0.05) is 19.9 Å². The number of carbonyl (C=O) groups is 6. The van der Waals surface area contributed by atoms with Gasteiger partial charge in [-0.05, 0) is 36.1 Å². The summed E-state index contributed by atoms with van der Waals surface area (Å²) in [6.45, 7) is -0.447. The minimum absolute atomic E-state index is 0.165. The van der Waals surface area contributed by atoms with Crippen molar-refractivity contribution in [1.29, 1.82) is 0 Å². The molecule has 0 unspecified atom stereocenters. The van der Waals surface area contributed by atoms with E-state index in [4.69, 9.17) is 10.3 Å². The molecule has 0 saturated carbocycles. The van der Waals surface area contributed by atoms with E-state index >= 15 is 0 Å². The van der Waals surface area contributed by atoms with E-state index in [2.05, 4.69) is 25.5 Å². The summed E-state index contributed by atoms with van der Waals surface area (Å²) in [5, 5.41) is 19.1. The van der Waals surface area contributed by atoms with Gasteiger partial charge in [0.05, 0.1) is 25.0 Å². The minimum atomic E-state index is -4.79. The van der Waals surface area contributed by atoms with Crippen LogP contribution in [0.2, 0.25) is 0 Å². The summed E-state index contributed by atoms with van der Waals surface area (Å²) in [5.74, 6) is -5.26. The van der Waals surface area contributed by atoms with Crippen LogP contribution in [0.15, 0.2) is 54.6 Å². The second kappa shape index (κ2) is 17.4. The number of nitrogens with one attached hydrogen (secondary N) is 4. The molecule has 0 aromatic heterocycles. The lowest BCUT2D eigenvalue weighted by Crippen LogP contribution is -2.55. The molecule has 0 fully saturated rings. The first-order valence-corrected chi connectivity index (χ1v) is 14.9. The molecule has 3 atom stereocenters. The number of rotatable bonds is 19. The number of ketones is 1. The second-order valence-electron chi connectivity index (χ2n) is 9.80. The number of hydrogen-bond acceptors (Lipinski definition) is 10. The average molecular weight is 650 g/mol. The molecule has 0 saturated heterocycles. The van der Waals surface area contributed by atoms with Crippen LogP contribution in [0.3, 0.4) is 0 Å². The van der Waals surface area contributed by atoms with Crippen LogP contribution in [0, 0.1) is 0 Å². The topological polar surface area (TPSA) is 260 Å².